The molecule has 0 aromatic carbocycles. The van der Waals surface area contributed by atoms with Gasteiger partial charge in [0.2, 0.25) is 11.8 Å². The maximum atomic E-state index is 11.8. The van der Waals surface area contributed by atoms with E-state index in [-0.39, 0.29) is 11.3 Å². The third kappa shape index (κ3) is 6.02. The molecule has 3 N–H and O–H groups in total. The predicted molar refractivity (Wildman–Crippen MR) is 79.3 cm³/mol. The molecule has 0 aliphatic rings. The lowest BCUT2D eigenvalue weighted by atomic mass is 9.84. The smallest absolute Gasteiger partial charge is 0.220 e. The van der Waals surface area contributed by atoms with Gasteiger partial charge in [-0.3, -0.25) is 4.79 Å². The summed E-state index contributed by atoms with van der Waals surface area (Å²) in [6, 6.07) is 3.68. The minimum Gasteiger partial charge on any atom is -0.481 e. The van der Waals surface area contributed by atoms with Gasteiger partial charge in [-0.2, -0.15) is 0 Å². The number of hydrogen-bond acceptors (Lipinski definition) is 4. The van der Waals surface area contributed by atoms with E-state index >= 15 is 0 Å². The molecule has 0 spiro atoms. The van der Waals surface area contributed by atoms with Crippen LogP contribution in [0.25, 0.3) is 0 Å². The molecule has 1 rings (SSSR count). The van der Waals surface area contributed by atoms with Crippen molar-refractivity contribution in [2.24, 2.45) is 11.1 Å². The standard InChI is InChI=1S/C15H25N3O2/c1-15(2,7-8-16)6-4-13(19)18-11-12-5-9-17-14(10-12)20-3/h5,9-10H,4,6-8,11,16H2,1-3H3,(H,18,19). The van der Waals surface area contributed by atoms with Gasteiger partial charge in [0.15, 0.2) is 0 Å². The molecule has 1 heterocycles. The van der Waals surface area contributed by atoms with Crippen molar-refractivity contribution in [2.45, 2.75) is 39.7 Å². The van der Waals surface area contributed by atoms with Gasteiger partial charge >= 0.3 is 0 Å². The summed E-state index contributed by atoms with van der Waals surface area (Å²) in [4.78, 5) is 15.9. The summed E-state index contributed by atoms with van der Waals surface area (Å²) >= 11 is 0. The van der Waals surface area contributed by atoms with Crippen molar-refractivity contribution in [3.05, 3.63) is 23.9 Å². The van der Waals surface area contributed by atoms with E-state index < -0.39 is 0 Å². The first-order valence-corrected chi connectivity index (χ1v) is 6.92. The Labute approximate surface area is 120 Å². The summed E-state index contributed by atoms with van der Waals surface area (Å²) in [5.41, 5.74) is 6.66. The highest BCUT2D eigenvalue weighted by molar-refractivity contribution is 5.75. The van der Waals surface area contributed by atoms with Crippen molar-refractivity contribution >= 4 is 5.91 Å². The Hall–Kier alpha value is -1.62. The second kappa shape index (κ2) is 7.85. The van der Waals surface area contributed by atoms with E-state index in [4.69, 9.17) is 10.5 Å². The van der Waals surface area contributed by atoms with Crippen LogP contribution in [0.3, 0.4) is 0 Å². The Kier molecular flexibility index (Phi) is 6.45. The first kappa shape index (κ1) is 16.4. The molecule has 20 heavy (non-hydrogen) atoms. The van der Waals surface area contributed by atoms with Crippen molar-refractivity contribution in [2.75, 3.05) is 13.7 Å². The number of carbonyl (C=O) groups excluding carboxylic acids is 1. The van der Waals surface area contributed by atoms with Crippen molar-refractivity contribution in [1.29, 1.82) is 0 Å². The number of nitrogens with zero attached hydrogens (tertiary/aromatic N) is 1. The molecule has 0 unspecified atom stereocenters. The molecule has 0 bridgehead atoms. The summed E-state index contributed by atoms with van der Waals surface area (Å²) < 4.78 is 5.05. The molecule has 5 nitrogen and oxygen atoms in total. The Morgan fingerprint density at radius 3 is 2.85 bits per heavy atom. The van der Waals surface area contributed by atoms with Crippen molar-refractivity contribution in [3.8, 4) is 5.88 Å². The number of rotatable bonds is 8. The highest BCUT2D eigenvalue weighted by Gasteiger charge is 2.18. The molecule has 112 valence electrons. The Bertz CT molecular complexity index is 433. The number of nitrogens with two attached hydrogens (primary N) is 1. The van der Waals surface area contributed by atoms with E-state index in [0.717, 1.165) is 18.4 Å². The van der Waals surface area contributed by atoms with Crippen molar-refractivity contribution in [3.63, 3.8) is 0 Å². The zero-order valence-corrected chi connectivity index (χ0v) is 12.6. The van der Waals surface area contributed by atoms with Crippen LogP contribution in [-0.4, -0.2) is 24.5 Å². The SMILES string of the molecule is COc1cc(CNC(=O)CCC(C)(C)CCN)ccn1. The van der Waals surface area contributed by atoms with E-state index in [0.29, 0.717) is 25.4 Å². The molecule has 0 atom stereocenters. The number of ether oxygens (including phenoxy) is 1. The van der Waals surface area contributed by atoms with Crippen LogP contribution in [0.15, 0.2) is 18.3 Å². The second-order valence-corrected chi connectivity index (χ2v) is 5.69. The normalized spacial score (nSPS) is 11.2. The molecule has 1 aromatic rings. The zero-order valence-electron chi connectivity index (χ0n) is 12.6. The van der Waals surface area contributed by atoms with Crippen LogP contribution in [-0.2, 0) is 11.3 Å². The van der Waals surface area contributed by atoms with Crippen LogP contribution in [0.4, 0.5) is 0 Å². The quantitative estimate of drug-likeness (QED) is 0.761. The highest BCUT2D eigenvalue weighted by atomic mass is 16.5. The maximum Gasteiger partial charge on any atom is 0.220 e. The fraction of sp³-hybridized carbons (Fsp3) is 0.600. The first-order chi connectivity index (χ1) is 9.46. The van der Waals surface area contributed by atoms with Gasteiger partial charge in [-0.25, -0.2) is 4.98 Å². The molecule has 0 saturated heterocycles. The Morgan fingerprint density at radius 1 is 1.45 bits per heavy atom. The lowest BCUT2D eigenvalue weighted by Crippen LogP contribution is -2.25. The molecule has 1 amide bonds. The van der Waals surface area contributed by atoms with Crippen LogP contribution < -0.4 is 15.8 Å². The van der Waals surface area contributed by atoms with Gasteiger partial charge in [-0.15, -0.1) is 0 Å². The largest absolute Gasteiger partial charge is 0.481 e. The van der Waals surface area contributed by atoms with Crippen LogP contribution >= 0.6 is 0 Å². The average Bonchev–Trinajstić information content (AvgIpc) is 2.43. The third-order valence-electron chi connectivity index (χ3n) is 3.35. The van der Waals surface area contributed by atoms with Gasteiger partial charge < -0.3 is 15.8 Å². The Morgan fingerprint density at radius 2 is 2.20 bits per heavy atom. The van der Waals surface area contributed by atoms with E-state index in [1.807, 2.05) is 12.1 Å². The fourth-order valence-corrected chi connectivity index (χ4v) is 1.93. The molecule has 0 fully saturated rings. The summed E-state index contributed by atoms with van der Waals surface area (Å²) in [6.45, 7) is 5.43. The van der Waals surface area contributed by atoms with Crippen molar-refractivity contribution in [1.82, 2.24) is 10.3 Å². The summed E-state index contributed by atoms with van der Waals surface area (Å²) in [5.74, 6) is 0.617. The Balaban J connectivity index is 2.36. The average molecular weight is 279 g/mol. The monoisotopic (exact) mass is 279 g/mol. The molecule has 0 saturated carbocycles. The first-order valence-electron chi connectivity index (χ1n) is 6.92. The summed E-state index contributed by atoms with van der Waals surface area (Å²) in [6.07, 6.45) is 3.97. The summed E-state index contributed by atoms with van der Waals surface area (Å²) in [7, 11) is 1.57. The van der Waals surface area contributed by atoms with E-state index in [9.17, 15) is 4.79 Å². The molecule has 5 heteroatoms. The predicted octanol–water partition coefficient (Wildman–Crippen LogP) is 1.86. The molecular formula is C15H25N3O2. The molecule has 0 aliphatic heterocycles. The lowest BCUT2D eigenvalue weighted by Gasteiger charge is -2.23. The topological polar surface area (TPSA) is 77.2 Å². The van der Waals surface area contributed by atoms with Gasteiger partial charge in [0, 0.05) is 25.2 Å². The number of carbonyl (C=O) groups is 1. The maximum absolute atomic E-state index is 11.8. The number of aromatic nitrogens is 1. The van der Waals surface area contributed by atoms with Gasteiger partial charge in [0.1, 0.15) is 0 Å². The van der Waals surface area contributed by atoms with Gasteiger partial charge in [0.25, 0.3) is 0 Å². The molecule has 1 aromatic heterocycles. The molecule has 0 radical (unpaired) electrons. The van der Waals surface area contributed by atoms with Gasteiger partial charge in [-0.1, -0.05) is 13.8 Å². The van der Waals surface area contributed by atoms with E-state index in [1.165, 1.54) is 0 Å². The van der Waals surface area contributed by atoms with E-state index in [2.05, 4.69) is 24.1 Å². The second-order valence-electron chi connectivity index (χ2n) is 5.69. The van der Waals surface area contributed by atoms with Crippen LogP contribution in [0.5, 0.6) is 5.88 Å². The van der Waals surface area contributed by atoms with Crippen LogP contribution in [0.2, 0.25) is 0 Å². The number of methoxy groups -OCH3 is 1. The number of nitrogens with one attached hydrogen (secondary N) is 1. The zero-order chi connectivity index (χ0) is 15.0. The van der Waals surface area contributed by atoms with Crippen LogP contribution in [0, 0.1) is 5.41 Å². The summed E-state index contributed by atoms with van der Waals surface area (Å²) in [5, 5.41) is 2.91. The number of pyridine rings is 1. The lowest BCUT2D eigenvalue weighted by molar-refractivity contribution is -0.121. The molecular weight excluding hydrogens is 254 g/mol. The van der Waals surface area contributed by atoms with Gasteiger partial charge in [0.05, 0.1) is 7.11 Å². The minimum atomic E-state index is 0.0610. The number of amides is 1. The molecule has 0 aliphatic carbocycles. The number of hydrogen-bond donors (Lipinski definition) is 2. The fourth-order valence-electron chi connectivity index (χ4n) is 1.93. The third-order valence-corrected chi connectivity index (χ3v) is 3.35. The van der Waals surface area contributed by atoms with Crippen LogP contribution in [0.1, 0.15) is 38.7 Å². The highest BCUT2D eigenvalue weighted by Crippen LogP contribution is 2.25. The van der Waals surface area contributed by atoms with E-state index in [1.54, 1.807) is 13.3 Å². The van der Waals surface area contributed by atoms with Gasteiger partial charge in [-0.05, 0) is 36.4 Å². The van der Waals surface area contributed by atoms with Crippen molar-refractivity contribution < 1.29 is 9.53 Å². The minimum absolute atomic E-state index is 0.0610.